The lowest BCUT2D eigenvalue weighted by molar-refractivity contribution is -0.121. The number of nitrogens with two attached hydrogens (primary N) is 1. The molecule has 0 aromatic carbocycles. The van der Waals surface area contributed by atoms with E-state index in [9.17, 15) is 13.2 Å². The Morgan fingerprint density at radius 1 is 1.27 bits per heavy atom. The smallest absolute Gasteiger partial charge is 0.219 e. The van der Waals surface area contributed by atoms with Crippen LogP contribution in [0.3, 0.4) is 0 Å². The van der Waals surface area contributed by atoms with Crippen LogP contribution in [0.2, 0.25) is 0 Å². The Hall–Kier alpha value is -0.330. The van der Waals surface area contributed by atoms with Crippen LogP contribution in [0.5, 0.6) is 0 Å². The zero-order valence-electron chi connectivity index (χ0n) is 8.54. The molecule has 0 aromatic heterocycles. The first-order valence-electron chi connectivity index (χ1n) is 4.79. The molecule has 0 heterocycles. The van der Waals surface area contributed by atoms with E-state index in [0.717, 1.165) is 12.8 Å². The zero-order valence-corrected chi connectivity index (χ0v) is 10.1. The minimum absolute atomic E-state index is 0.0745. The number of hydrogen-bond donors (Lipinski definition) is 2. The Kier molecular flexibility index (Phi) is 7.72. The Labute approximate surface area is 95.4 Å². The fourth-order valence-electron chi connectivity index (χ4n) is 0.970. The average molecular weight is 257 g/mol. The predicted octanol–water partition coefficient (Wildman–Crippen LogP) is 0.190. The van der Waals surface area contributed by atoms with Gasteiger partial charge in [0.25, 0.3) is 0 Å². The van der Waals surface area contributed by atoms with Crippen LogP contribution >= 0.6 is 11.6 Å². The second-order valence-corrected chi connectivity index (χ2v) is 5.33. The molecule has 7 heteroatoms. The summed E-state index contributed by atoms with van der Waals surface area (Å²) in [5.41, 5.74) is 0. The van der Waals surface area contributed by atoms with E-state index < -0.39 is 10.0 Å². The first-order chi connectivity index (χ1) is 6.95. The number of carbonyl (C=O) groups is 1. The first-order valence-corrected chi connectivity index (χ1v) is 7.04. The number of rotatable bonds is 8. The Morgan fingerprint density at radius 2 is 1.93 bits per heavy atom. The van der Waals surface area contributed by atoms with Gasteiger partial charge in [0.05, 0.1) is 5.75 Å². The maximum absolute atomic E-state index is 11.1. The van der Waals surface area contributed by atoms with E-state index in [0.29, 0.717) is 25.3 Å². The van der Waals surface area contributed by atoms with Crippen molar-refractivity contribution in [1.29, 1.82) is 0 Å². The van der Waals surface area contributed by atoms with Crippen molar-refractivity contribution in [3.05, 3.63) is 0 Å². The van der Waals surface area contributed by atoms with Gasteiger partial charge in [-0.15, -0.1) is 11.6 Å². The number of nitrogens with one attached hydrogen (secondary N) is 1. The molecule has 0 aliphatic heterocycles. The third-order valence-corrected chi connectivity index (χ3v) is 2.84. The van der Waals surface area contributed by atoms with E-state index in [-0.39, 0.29) is 11.7 Å². The number of sulfonamides is 1. The molecular weight excluding hydrogens is 240 g/mol. The maximum atomic E-state index is 11.1. The molecule has 0 fully saturated rings. The topological polar surface area (TPSA) is 89.3 Å². The van der Waals surface area contributed by atoms with Gasteiger partial charge in [0.2, 0.25) is 15.9 Å². The largest absolute Gasteiger partial charge is 0.356 e. The summed E-state index contributed by atoms with van der Waals surface area (Å²) in [6, 6.07) is 0. The molecule has 0 unspecified atom stereocenters. The SMILES string of the molecule is NS(=O)(=O)CCCNC(=O)CCCCCl. The highest BCUT2D eigenvalue weighted by Gasteiger charge is 2.03. The molecule has 0 aliphatic rings. The fourth-order valence-corrected chi connectivity index (χ4v) is 1.71. The van der Waals surface area contributed by atoms with Crippen molar-refractivity contribution >= 4 is 27.5 Å². The van der Waals surface area contributed by atoms with Gasteiger partial charge >= 0.3 is 0 Å². The molecule has 0 rings (SSSR count). The Balaban J connectivity index is 3.39. The molecule has 0 bridgehead atoms. The van der Waals surface area contributed by atoms with Crippen LogP contribution in [0.4, 0.5) is 0 Å². The number of alkyl halides is 1. The van der Waals surface area contributed by atoms with Crippen LogP contribution in [0.15, 0.2) is 0 Å². The third kappa shape index (κ3) is 11.6. The van der Waals surface area contributed by atoms with Crippen molar-refractivity contribution in [2.45, 2.75) is 25.7 Å². The van der Waals surface area contributed by atoms with Gasteiger partial charge < -0.3 is 5.32 Å². The number of amides is 1. The number of primary sulfonamides is 1. The number of halogens is 1. The molecule has 0 saturated carbocycles. The Bertz CT molecular complexity index is 280. The minimum Gasteiger partial charge on any atom is -0.356 e. The summed E-state index contributed by atoms with van der Waals surface area (Å²) < 4.78 is 21.1. The molecule has 0 spiro atoms. The molecule has 5 nitrogen and oxygen atoms in total. The van der Waals surface area contributed by atoms with Crippen LogP contribution < -0.4 is 10.5 Å². The van der Waals surface area contributed by atoms with Gasteiger partial charge in [-0.25, -0.2) is 13.6 Å². The van der Waals surface area contributed by atoms with E-state index >= 15 is 0 Å². The lowest BCUT2D eigenvalue weighted by Crippen LogP contribution is -2.27. The first kappa shape index (κ1) is 14.7. The molecule has 0 atom stereocenters. The van der Waals surface area contributed by atoms with Gasteiger partial charge in [-0.2, -0.15) is 0 Å². The summed E-state index contributed by atoms with van der Waals surface area (Å²) in [5.74, 6) is 0.378. The van der Waals surface area contributed by atoms with Crippen molar-refractivity contribution in [2.75, 3.05) is 18.2 Å². The predicted molar refractivity (Wildman–Crippen MR) is 60.2 cm³/mol. The summed E-state index contributed by atoms with van der Waals surface area (Å²) in [7, 11) is -3.41. The highest BCUT2D eigenvalue weighted by molar-refractivity contribution is 7.89. The third-order valence-electron chi connectivity index (χ3n) is 1.72. The number of hydrogen-bond acceptors (Lipinski definition) is 3. The maximum Gasteiger partial charge on any atom is 0.219 e. The fraction of sp³-hybridized carbons (Fsp3) is 0.875. The van der Waals surface area contributed by atoms with Crippen molar-refractivity contribution in [3.8, 4) is 0 Å². The van der Waals surface area contributed by atoms with Crippen LogP contribution in [-0.2, 0) is 14.8 Å². The van der Waals surface area contributed by atoms with Crippen LogP contribution in [0, 0.1) is 0 Å². The van der Waals surface area contributed by atoms with Crippen molar-refractivity contribution in [1.82, 2.24) is 5.32 Å². The van der Waals surface area contributed by atoms with E-state index in [1.807, 2.05) is 0 Å². The second-order valence-electron chi connectivity index (χ2n) is 3.22. The van der Waals surface area contributed by atoms with Gasteiger partial charge in [0.1, 0.15) is 0 Å². The molecule has 90 valence electrons. The van der Waals surface area contributed by atoms with Gasteiger partial charge in [-0.3, -0.25) is 4.79 Å². The van der Waals surface area contributed by atoms with Crippen LogP contribution in [0.25, 0.3) is 0 Å². The Morgan fingerprint density at radius 3 is 2.47 bits per heavy atom. The second kappa shape index (κ2) is 7.90. The minimum atomic E-state index is -3.41. The molecule has 1 amide bonds. The van der Waals surface area contributed by atoms with Gasteiger partial charge in [0, 0.05) is 18.8 Å². The van der Waals surface area contributed by atoms with Crippen LogP contribution in [0.1, 0.15) is 25.7 Å². The normalized spacial score (nSPS) is 11.3. The van der Waals surface area contributed by atoms with E-state index in [2.05, 4.69) is 5.32 Å². The lowest BCUT2D eigenvalue weighted by atomic mass is 10.2. The quantitative estimate of drug-likeness (QED) is 0.480. The van der Waals surface area contributed by atoms with Gasteiger partial charge in [-0.1, -0.05) is 0 Å². The highest BCUT2D eigenvalue weighted by atomic mass is 35.5. The lowest BCUT2D eigenvalue weighted by Gasteiger charge is -2.03. The van der Waals surface area contributed by atoms with Crippen molar-refractivity contribution < 1.29 is 13.2 Å². The summed E-state index contributed by atoms with van der Waals surface area (Å²) in [6.07, 6.45) is 2.35. The zero-order chi connectivity index (χ0) is 11.7. The molecule has 0 aromatic rings. The summed E-state index contributed by atoms with van der Waals surface area (Å²) in [4.78, 5) is 11.1. The van der Waals surface area contributed by atoms with Gasteiger partial charge in [-0.05, 0) is 19.3 Å². The molecule has 0 radical (unpaired) electrons. The summed E-state index contributed by atoms with van der Waals surface area (Å²) >= 11 is 5.45. The average Bonchev–Trinajstić information content (AvgIpc) is 2.11. The number of carbonyl (C=O) groups excluding carboxylic acids is 1. The monoisotopic (exact) mass is 256 g/mol. The standard InChI is InChI=1S/C8H17ClN2O3S/c9-5-2-1-4-8(12)11-6-3-7-15(10,13)14/h1-7H2,(H,11,12)(H2,10,13,14). The van der Waals surface area contributed by atoms with Crippen LogP contribution in [-0.4, -0.2) is 32.5 Å². The molecule has 3 N–H and O–H groups in total. The van der Waals surface area contributed by atoms with Gasteiger partial charge in [0.15, 0.2) is 0 Å². The molecule has 15 heavy (non-hydrogen) atoms. The molecular formula is C8H17ClN2O3S. The van der Waals surface area contributed by atoms with E-state index in [1.54, 1.807) is 0 Å². The molecule has 0 saturated heterocycles. The molecule has 0 aliphatic carbocycles. The van der Waals surface area contributed by atoms with E-state index in [4.69, 9.17) is 16.7 Å². The summed E-state index contributed by atoms with van der Waals surface area (Å²) in [5, 5.41) is 7.41. The van der Waals surface area contributed by atoms with Crippen molar-refractivity contribution in [3.63, 3.8) is 0 Å². The van der Waals surface area contributed by atoms with Crippen molar-refractivity contribution in [2.24, 2.45) is 5.14 Å². The van der Waals surface area contributed by atoms with E-state index in [1.165, 1.54) is 0 Å². The number of unbranched alkanes of at least 4 members (excludes halogenated alkanes) is 1. The summed E-state index contributed by atoms with van der Waals surface area (Å²) in [6.45, 7) is 0.343. The highest BCUT2D eigenvalue weighted by Crippen LogP contribution is 1.96.